The average Bonchev–Trinajstić information content (AvgIpc) is 2.99. The third-order valence-corrected chi connectivity index (χ3v) is 8.59. The van der Waals surface area contributed by atoms with Crippen molar-refractivity contribution in [3.63, 3.8) is 0 Å². The minimum atomic E-state index is -0.408. The molecule has 0 aromatic heterocycles. The maximum absolute atomic E-state index is 13.0. The molecule has 5 heteroatoms. The van der Waals surface area contributed by atoms with Crippen molar-refractivity contribution in [1.29, 1.82) is 0 Å². The Morgan fingerprint density at radius 1 is 0.951 bits per heavy atom. The van der Waals surface area contributed by atoms with Crippen LogP contribution in [0.25, 0.3) is 10.8 Å². The summed E-state index contributed by atoms with van der Waals surface area (Å²) in [6.45, 7) is 11.2. The van der Waals surface area contributed by atoms with Gasteiger partial charge in [-0.3, -0.25) is 4.79 Å². The normalized spacial score (nSPS) is 16.9. The summed E-state index contributed by atoms with van der Waals surface area (Å²) in [4.78, 5) is 13.0. The van der Waals surface area contributed by atoms with Gasteiger partial charge in [-0.05, 0) is 98.2 Å². The van der Waals surface area contributed by atoms with Gasteiger partial charge in [0.2, 0.25) is 0 Å². The van der Waals surface area contributed by atoms with Gasteiger partial charge in [-0.15, -0.1) is 0 Å². The van der Waals surface area contributed by atoms with Crippen LogP contribution in [-0.4, -0.2) is 25.3 Å². The summed E-state index contributed by atoms with van der Waals surface area (Å²) < 4.78 is 24.1. The minimum Gasteiger partial charge on any atom is -0.497 e. The number of fused-ring (bicyclic) bond motifs is 2. The van der Waals surface area contributed by atoms with Crippen LogP contribution in [0.15, 0.2) is 66.7 Å². The summed E-state index contributed by atoms with van der Waals surface area (Å²) in [6.07, 6.45) is 2.38. The second-order valence-electron chi connectivity index (χ2n) is 11.4. The first-order valence-corrected chi connectivity index (χ1v) is 14.4. The van der Waals surface area contributed by atoms with Crippen molar-refractivity contribution in [1.82, 2.24) is 0 Å². The lowest BCUT2D eigenvalue weighted by Gasteiger charge is -2.38. The van der Waals surface area contributed by atoms with Crippen molar-refractivity contribution in [2.45, 2.75) is 72.0 Å². The maximum atomic E-state index is 13.0. The van der Waals surface area contributed by atoms with Crippen LogP contribution in [0, 0.1) is 20.8 Å². The van der Waals surface area contributed by atoms with E-state index in [0.29, 0.717) is 19.6 Å². The van der Waals surface area contributed by atoms with E-state index in [0.717, 1.165) is 68.7 Å². The lowest BCUT2D eigenvalue weighted by Crippen LogP contribution is -2.38. The van der Waals surface area contributed by atoms with E-state index in [1.54, 1.807) is 7.11 Å². The van der Waals surface area contributed by atoms with Crippen molar-refractivity contribution in [2.75, 3.05) is 13.7 Å². The van der Waals surface area contributed by atoms with Crippen molar-refractivity contribution >= 4 is 16.7 Å². The molecule has 4 aromatic carbocycles. The SMILES string of the molecule is COc1ccc2cc([C@@H](C)C(=O)OCC[C@@]3(C)CCc4c(C)c(OCc5ccccc5)c(C)c(C)c4O3)ccc2c1. The fourth-order valence-electron chi connectivity index (χ4n) is 5.67. The molecular formula is C36H40O5. The van der Waals surface area contributed by atoms with Crippen LogP contribution in [0.1, 0.15) is 66.0 Å². The number of benzene rings is 4. The summed E-state index contributed by atoms with van der Waals surface area (Å²) in [5.41, 5.74) is 6.26. The summed E-state index contributed by atoms with van der Waals surface area (Å²) in [7, 11) is 1.66. The summed E-state index contributed by atoms with van der Waals surface area (Å²) in [6, 6.07) is 22.2. The molecular weight excluding hydrogens is 512 g/mol. The molecule has 0 amide bonds. The van der Waals surface area contributed by atoms with Gasteiger partial charge in [0.05, 0.1) is 19.6 Å². The number of carbonyl (C=O) groups is 1. The fraction of sp³-hybridized carbons (Fsp3) is 0.361. The molecule has 0 spiro atoms. The molecule has 1 aliphatic rings. The number of esters is 1. The van der Waals surface area contributed by atoms with E-state index < -0.39 is 5.60 Å². The monoisotopic (exact) mass is 552 g/mol. The first-order chi connectivity index (χ1) is 19.7. The van der Waals surface area contributed by atoms with Gasteiger partial charge in [0, 0.05) is 12.0 Å². The molecule has 4 aromatic rings. The first kappa shape index (κ1) is 28.5. The van der Waals surface area contributed by atoms with Gasteiger partial charge in [0.15, 0.2) is 0 Å². The lowest BCUT2D eigenvalue weighted by atomic mass is 9.85. The van der Waals surface area contributed by atoms with E-state index >= 15 is 0 Å². The van der Waals surface area contributed by atoms with E-state index in [-0.39, 0.29) is 11.9 Å². The van der Waals surface area contributed by atoms with Gasteiger partial charge in [0.1, 0.15) is 29.5 Å². The van der Waals surface area contributed by atoms with Gasteiger partial charge in [-0.1, -0.05) is 54.6 Å². The van der Waals surface area contributed by atoms with E-state index in [1.807, 2.05) is 55.5 Å². The molecule has 214 valence electrons. The highest BCUT2D eigenvalue weighted by molar-refractivity contribution is 5.86. The zero-order chi connectivity index (χ0) is 29.1. The molecule has 1 heterocycles. The highest BCUT2D eigenvalue weighted by atomic mass is 16.5. The van der Waals surface area contributed by atoms with Crippen molar-refractivity contribution in [3.8, 4) is 17.2 Å². The largest absolute Gasteiger partial charge is 0.497 e. The highest BCUT2D eigenvalue weighted by Crippen LogP contribution is 2.44. The van der Waals surface area contributed by atoms with Crippen LogP contribution in [0.4, 0.5) is 0 Å². The van der Waals surface area contributed by atoms with Crippen molar-refractivity contribution < 1.29 is 23.7 Å². The molecule has 0 saturated heterocycles. The Kier molecular flexibility index (Phi) is 8.25. The van der Waals surface area contributed by atoms with Crippen LogP contribution < -0.4 is 14.2 Å². The molecule has 0 unspecified atom stereocenters. The van der Waals surface area contributed by atoms with E-state index in [2.05, 4.69) is 45.9 Å². The summed E-state index contributed by atoms with van der Waals surface area (Å²) in [5.74, 6) is 2.14. The molecule has 0 radical (unpaired) electrons. The summed E-state index contributed by atoms with van der Waals surface area (Å²) in [5, 5.41) is 2.14. The fourth-order valence-corrected chi connectivity index (χ4v) is 5.67. The zero-order valence-corrected chi connectivity index (χ0v) is 25.0. The highest BCUT2D eigenvalue weighted by Gasteiger charge is 2.35. The number of methoxy groups -OCH3 is 1. The van der Waals surface area contributed by atoms with Gasteiger partial charge in [-0.2, -0.15) is 0 Å². The van der Waals surface area contributed by atoms with E-state index in [1.165, 1.54) is 5.56 Å². The Labute approximate surface area is 243 Å². The quantitative estimate of drug-likeness (QED) is 0.196. The van der Waals surface area contributed by atoms with Crippen molar-refractivity contribution in [2.24, 2.45) is 0 Å². The molecule has 5 rings (SSSR count). The molecule has 0 fully saturated rings. The summed E-state index contributed by atoms with van der Waals surface area (Å²) >= 11 is 0. The van der Waals surface area contributed by atoms with Crippen LogP contribution in [-0.2, 0) is 22.6 Å². The van der Waals surface area contributed by atoms with Crippen LogP contribution in [0.2, 0.25) is 0 Å². The number of rotatable bonds is 9. The smallest absolute Gasteiger partial charge is 0.313 e. The third-order valence-electron chi connectivity index (χ3n) is 8.59. The predicted molar refractivity (Wildman–Crippen MR) is 163 cm³/mol. The van der Waals surface area contributed by atoms with Gasteiger partial charge in [-0.25, -0.2) is 0 Å². The number of ether oxygens (including phenoxy) is 4. The van der Waals surface area contributed by atoms with Gasteiger partial charge < -0.3 is 18.9 Å². The van der Waals surface area contributed by atoms with Crippen LogP contribution >= 0.6 is 0 Å². The molecule has 5 nitrogen and oxygen atoms in total. The Balaban J connectivity index is 1.21. The Bertz CT molecular complexity index is 1560. The second kappa shape index (κ2) is 11.9. The minimum absolute atomic E-state index is 0.222. The van der Waals surface area contributed by atoms with E-state index in [9.17, 15) is 4.79 Å². The first-order valence-electron chi connectivity index (χ1n) is 14.4. The van der Waals surface area contributed by atoms with Crippen LogP contribution in [0.5, 0.6) is 17.2 Å². The average molecular weight is 553 g/mol. The standard InChI is InChI=1S/C36H40O5/c1-23-24(2)34-32(26(4)33(23)40-22-27-10-8-7-9-11-27)16-17-36(5,41-34)18-19-39-35(37)25(3)28-12-13-30-21-31(38-6)15-14-29(30)20-28/h7-15,20-21,25H,16-19,22H2,1-6H3/t25-,36-/m1/s1. The molecule has 0 saturated carbocycles. The Morgan fingerprint density at radius 3 is 2.44 bits per heavy atom. The Hall–Kier alpha value is -3.99. The number of hydrogen-bond donors (Lipinski definition) is 0. The topological polar surface area (TPSA) is 54.0 Å². The van der Waals surface area contributed by atoms with E-state index in [4.69, 9.17) is 18.9 Å². The predicted octanol–water partition coefficient (Wildman–Crippen LogP) is 8.17. The van der Waals surface area contributed by atoms with Crippen molar-refractivity contribution in [3.05, 3.63) is 100 Å². The lowest BCUT2D eigenvalue weighted by molar-refractivity contribution is -0.146. The molecule has 0 N–H and O–H groups in total. The molecule has 0 aliphatic carbocycles. The number of hydrogen-bond acceptors (Lipinski definition) is 5. The molecule has 41 heavy (non-hydrogen) atoms. The third kappa shape index (κ3) is 6.04. The van der Waals surface area contributed by atoms with Gasteiger partial charge in [0.25, 0.3) is 0 Å². The van der Waals surface area contributed by atoms with Crippen LogP contribution in [0.3, 0.4) is 0 Å². The second-order valence-corrected chi connectivity index (χ2v) is 11.4. The number of carbonyl (C=O) groups excluding carboxylic acids is 1. The molecule has 1 aliphatic heterocycles. The molecule has 2 atom stereocenters. The maximum Gasteiger partial charge on any atom is 0.313 e. The van der Waals surface area contributed by atoms with Gasteiger partial charge >= 0.3 is 5.97 Å². The molecule has 0 bridgehead atoms. The zero-order valence-electron chi connectivity index (χ0n) is 25.0. The Morgan fingerprint density at radius 2 is 1.68 bits per heavy atom.